The molecule has 6 nitrogen and oxygen atoms in total. The fourth-order valence-corrected chi connectivity index (χ4v) is 2.72. The van der Waals surface area contributed by atoms with Crippen LogP contribution in [0.25, 0.3) is 0 Å². The quantitative estimate of drug-likeness (QED) is 0.901. The van der Waals surface area contributed by atoms with Crippen molar-refractivity contribution >= 4 is 0 Å². The van der Waals surface area contributed by atoms with Crippen molar-refractivity contribution < 1.29 is 0 Å². The summed E-state index contributed by atoms with van der Waals surface area (Å²) >= 11 is 0. The van der Waals surface area contributed by atoms with Gasteiger partial charge in [-0.1, -0.05) is 5.21 Å². The number of nitrogens with one attached hydrogen (secondary N) is 1. The summed E-state index contributed by atoms with van der Waals surface area (Å²) in [7, 11) is 1.95. The first kappa shape index (κ1) is 12.3. The molecule has 3 rings (SSSR count). The van der Waals surface area contributed by atoms with E-state index in [1.807, 2.05) is 17.9 Å². The van der Waals surface area contributed by atoms with Gasteiger partial charge in [0.15, 0.2) is 0 Å². The van der Waals surface area contributed by atoms with Crippen molar-refractivity contribution in [2.75, 3.05) is 13.1 Å². The molecule has 2 aromatic rings. The second kappa shape index (κ2) is 5.13. The molecule has 0 bridgehead atoms. The van der Waals surface area contributed by atoms with E-state index in [9.17, 15) is 0 Å². The molecule has 0 aromatic carbocycles. The lowest BCUT2D eigenvalue weighted by molar-refractivity contribution is 0.199. The van der Waals surface area contributed by atoms with E-state index >= 15 is 0 Å². The van der Waals surface area contributed by atoms with Gasteiger partial charge >= 0.3 is 0 Å². The molecule has 0 aliphatic carbocycles. The van der Waals surface area contributed by atoms with Crippen LogP contribution in [-0.4, -0.2) is 43.2 Å². The van der Waals surface area contributed by atoms with E-state index < -0.39 is 0 Å². The number of piperidine rings is 1. The van der Waals surface area contributed by atoms with E-state index in [1.165, 1.54) is 24.2 Å². The van der Waals surface area contributed by atoms with Crippen molar-refractivity contribution in [3.63, 3.8) is 0 Å². The average molecular weight is 260 g/mol. The van der Waals surface area contributed by atoms with Crippen molar-refractivity contribution in [3.8, 4) is 0 Å². The van der Waals surface area contributed by atoms with Crippen molar-refractivity contribution in [1.29, 1.82) is 0 Å². The average Bonchev–Trinajstić information content (AvgIpc) is 3.00. The van der Waals surface area contributed by atoms with Crippen LogP contribution in [0.3, 0.4) is 0 Å². The largest absolute Gasteiger partial charge is 0.297 e. The van der Waals surface area contributed by atoms with E-state index in [1.54, 1.807) is 0 Å². The summed E-state index contributed by atoms with van der Waals surface area (Å²) in [4.78, 5) is 2.47. The Kier molecular flexibility index (Phi) is 3.33. The fraction of sp³-hybridized carbons (Fsp3) is 0.615. The Hall–Kier alpha value is -1.69. The molecule has 0 spiro atoms. The van der Waals surface area contributed by atoms with Crippen LogP contribution in [0.2, 0.25) is 0 Å². The van der Waals surface area contributed by atoms with Crippen LogP contribution >= 0.6 is 0 Å². The lowest BCUT2D eigenvalue weighted by atomic mass is 9.93. The van der Waals surface area contributed by atoms with Crippen molar-refractivity contribution in [3.05, 3.63) is 29.3 Å². The number of H-pyrrole nitrogens is 1. The van der Waals surface area contributed by atoms with Crippen molar-refractivity contribution in [1.82, 2.24) is 30.1 Å². The minimum atomic E-state index is 0.603. The summed E-state index contributed by atoms with van der Waals surface area (Å²) in [5, 5.41) is 15.3. The molecule has 0 unspecified atom stereocenters. The highest BCUT2D eigenvalue weighted by molar-refractivity contribution is 5.12. The maximum Gasteiger partial charge on any atom is 0.0738 e. The summed E-state index contributed by atoms with van der Waals surface area (Å²) in [6.45, 7) is 5.22. The van der Waals surface area contributed by atoms with Gasteiger partial charge in [0.25, 0.3) is 0 Å². The summed E-state index contributed by atoms with van der Waals surface area (Å²) < 4.78 is 1.85. The fourth-order valence-electron chi connectivity index (χ4n) is 2.72. The summed E-state index contributed by atoms with van der Waals surface area (Å²) in [5.41, 5.74) is 3.55. The Bertz CT molecular complexity index is 535. The Morgan fingerprint density at radius 1 is 1.37 bits per heavy atom. The smallest absolute Gasteiger partial charge is 0.0738 e. The normalized spacial score (nSPS) is 18.0. The lowest BCUT2D eigenvalue weighted by Crippen LogP contribution is -2.33. The molecule has 2 aromatic heterocycles. The van der Waals surface area contributed by atoms with Gasteiger partial charge in [-0.25, -0.2) is 0 Å². The number of rotatable bonds is 3. The number of aromatic nitrogens is 5. The molecule has 0 radical (unpaired) electrons. The summed E-state index contributed by atoms with van der Waals surface area (Å²) in [5.74, 6) is 0.603. The second-order valence-electron chi connectivity index (χ2n) is 5.38. The molecule has 1 fully saturated rings. The topological polar surface area (TPSA) is 62.6 Å². The van der Waals surface area contributed by atoms with Crippen LogP contribution in [0, 0.1) is 6.92 Å². The Morgan fingerprint density at radius 2 is 2.16 bits per heavy atom. The maximum absolute atomic E-state index is 4.39. The predicted molar refractivity (Wildman–Crippen MR) is 71.6 cm³/mol. The van der Waals surface area contributed by atoms with Crippen molar-refractivity contribution in [2.24, 2.45) is 7.05 Å². The maximum atomic E-state index is 4.39. The zero-order valence-electron chi connectivity index (χ0n) is 11.5. The SMILES string of the molecule is Cc1cc(C2CCN(Cc3cnnn3C)CC2)n[nH]1. The lowest BCUT2D eigenvalue weighted by Gasteiger charge is -2.30. The standard InChI is InChI=1S/C13H20N6/c1-10-7-13(16-15-10)11-3-5-19(6-4-11)9-12-8-14-17-18(12)2/h7-8,11H,3-6,9H2,1-2H3,(H,15,16). The molecule has 1 aliphatic heterocycles. The van der Waals surface area contributed by atoms with E-state index in [0.29, 0.717) is 5.92 Å². The highest BCUT2D eigenvalue weighted by Gasteiger charge is 2.22. The molecule has 0 atom stereocenters. The van der Waals surface area contributed by atoms with E-state index in [0.717, 1.165) is 25.3 Å². The minimum absolute atomic E-state index is 0.603. The first-order valence-corrected chi connectivity index (χ1v) is 6.80. The second-order valence-corrected chi connectivity index (χ2v) is 5.38. The Morgan fingerprint density at radius 3 is 2.74 bits per heavy atom. The third-order valence-corrected chi connectivity index (χ3v) is 3.93. The van der Waals surface area contributed by atoms with Gasteiger partial charge in [0.2, 0.25) is 0 Å². The number of hydrogen-bond acceptors (Lipinski definition) is 4. The van der Waals surface area contributed by atoms with Gasteiger partial charge in [0, 0.05) is 25.2 Å². The highest BCUT2D eigenvalue weighted by Crippen LogP contribution is 2.27. The van der Waals surface area contributed by atoms with E-state index in [4.69, 9.17) is 0 Å². The van der Waals surface area contributed by atoms with Gasteiger partial charge in [-0.3, -0.25) is 14.7 Å². The molecule has 0 amide bonds. The molecule has 3 heterocycles. The zero-order chi connectivity index (χ0) is 13.2. The third-order valence-electron chi connectivity index (χ3n) is 3.93. The number of aromatic amines is 1. The number of aryl methyl sites for hydroxylation is 2. The molecule has 6 heteroatoms. The van der Waals surface area contributed by atoms with Gasteiger partial charge in [-0.15, -0.1) is 5.10 Å². The number of nitrogens with zero attached hydrogens (tertiary/aromatic N) is 5. The molecule has 1 N–H and O–H groups in total. The molecular weight excluding hydrogens is 240 g/mol. The van der Waals surface area contributed by atoms with Crippen LogP contribution in [0.5, 0.6) is 0 Å². The van der Waals surface area contributed by atoms with Gasteiger partial charge in [0.05, 0.1) is 17.6 Å². The Labute approximate surface area is 112 Å². The van der Waals surface area contributed by atoms with Gasteiger partial charge in [-0.2, -0.15) is 5.10 Å². The van der Waals surface area contributed by atoms with Gasteiger partial charge < -0.3 is 0 Å². The van der Waals surface area contributed by atoms with Crippen LogP contribution < -0.4 is 0 Å². The molecule has 1 aliphatic rings. The van der Waals surface area contributed by atoms with Crippen LogP contribution in [0.15, 0.2) is 12.3 Å². The first-order valence-electron chi connectivity index (χ1n) is 6.80. The summed E-state index contributed by atoms with van der Waals surface area (Å²) in [6, 6.07) is 2.17. The predicted octanol–water partition coefficient (Wildman–Crippen LogP) is 1.23. The summed E-state index contributed by atoms with van der Waals surface area (Å²) in [6.07, 6.45) is 4.20. The zero-order valence-corrected chi connectivity index (χ0v) is 11.5. The van der Waals surface area contributed by atoms with Crippen LogP contribution in [-0.2, 0) is 13.6 Å². The molecule has 19 heavy (non-hydrogen) atoms. The number of likely N-dealkylation sites (tertiary alicyclic amines) is 1. The van der Waals surface area contributed by atoms with Crippen LogP contribution in [0.1, 0.15) is 35.8 Å². The van der Waals surface area contributed by atoms with Gasteiger partial charge in [0.1, 0.15) is 0 Å². The minimum Gasteiger partial charge on any atom is -0.297 e. The van der Waals surface area contributed by atoms with Crippen LogP contribution in [0.4, 0.5) is 0 Å². The molecule has 1 saturated heterocycles. The highest BCUT2D eigenvalue weighted by atomic mass is 15.4. The monoisotopic (exact) mass is 260 g/mol. The Balaban J connectivity index is 1.56. The molecule has 0 saturated carbocycles. The first-order chi connectivity index (χ1) is 9.22. The molecule has 102 valence electrons. The van der Waals surface area contributed by atoms with E-state index in [-0.39, 0.29) is 0 Å². The van der Waals surface area contributed by atoms with Crippen molar-refractivity contribution in [2.45, 2.75) is 32.2 Å². The third kappa shape index (κ3) is 2.68. The molecular formula is C13H20N6. The van der Waals surface area contributed by atoms with E-state index in [2.05, 4.69) is 38.4 Å². The van der Waals surface area contributed by atoms with Gasteiger partial charge in [-0.05, 0) is 38.9 Å². The number of hydrogen-bond donors (Lipinski definition) is 1.